The molecule has 3 heterocycles. The number of aromatic nitrogens is 4. The van der Waals surface area contributed by atoms with Crippen LogP contribution in [-0.2, 0) is 0 Å². The number of hydrogen-bond donors (Lipinski definition) is 2. The third-order valence-electron chi connectivity index (χ3n) is 5.71. The number of aromatic amines is 1. The van der Waals surface area contributed by atoms with Gasteiger partial charge in [0.1, 0.15) is 5.69 Å². The van der Waals surface area contributed by atoms with E-state index in [4.69, 9.17) is 0 Å². The van der Waals surface area contributed by atoms with Gasteiger partial charge in [-0.1, -0.05) is 38.8 Å². The van der Waals surface area contributed by atoms with E-state index in [1.165, 1.54) is 6.20 Å². The second-order valence-corrected chi connectivity index (χ2v) is 7.77. The Balaban J connectivity index is 1.51. The highest BCUT2D eigenvalue weighted by atomic mass is 16.2. The molecule has 0 aliphatic carbocycles. The van der Waals surface area contributed by atoms with Crippen LogP contribution >= 0.6 is 0 Å². The summed E-state index contributed by atoms with van der Waals surface area (Å²) >= 11 is 0. The van der Waals surface area contributed by atoms with Crippen molar-refractivity contribution in [3.63, 3.8) is 0 Å². The highest BCUT2D eigenvalue weighted by Crippen LogP contribution is 2.25. The standard InChI is InChI=1S/C25H25N5O2/c1-3-16(4-2)12-23(31)22-10-8-19(15-27-22)28-25(32)24-20-13-17(7-9-21(20)29-30-24)18-6-5-11-26-14-18/h5-11,13-16H,3-4,12H2,1-2H3,(H,28,32)(H,29,30). The summed E-state index contributed by atoms with van der Waals surface area (Å²) in [7, 11) is 0. The summed E-state index contributed by atoms with van der Waals surface area (Å²) in [6, 6.07) is 13.0. The Morgan fingerprint density at radius 1 is 1.03 bits per heavy atom. The van der Waals surface area contributed by atoms with E-state index in [1.54, 1.807) is 24.5 Å². The first kappa shape index (κ1) is 21.4. The molecular weight excluding hydrogens is 402 g/mol. The number of nitrogens with one attached hydrogen (secondary N) is 2. The smallest absolute Gasteiger partial charge is 0.276 e. The number of fused-ring (bicyclic) bond motifs is 1. The number of anilines is 1. The van der Waals surface area contributed by atoms with Gasteiger partial charge in [-0.3, -0.25) is 24.7 Å². The predicted octanol–water partition coefficient (Wildman–Crippen LogP) is 5.28. The molecule has 4 rings (SSSR count). The minimum absolute atomic E-state index is 0.0257. The molecule has 0 aliphatic heterocycles. The fourth-order valence-corrected chi connectivity index (χ4v) is 3.67. The number of rotatable bonds is 8. The molecular formula is C25H25N5O2. The molecule has 1 aromatic carbocycles. The predicted molar refractivity (Wildman–Crippen MR) is 125 cm³/mol. The van der Waals surface area contributed by atoms with Crippen molar-refractivity contribution in [2.75, 3.05) is 5.32 Å². The molecule has 0 saturated heterocycles. The van der Waals surface area contributed by atoms with E-state index in [2.05, 4.69) is 39.3 Å². The molecule has 162 valence electrons. The number of H-pyrrole nitrogens is 1. The lowest BCUT2D eigenvalue weighted by atomic mass is 9.96. The third-order valence-corrected chi connectivity index (χ3v) is 5.71. The lowest BCUT2D eigenvalue weighted by molar-refractivity contribution is 0.0953. The second kappa shape index (κ2) is 9.51. The monoisotopic (exact) mass is 427 g/mol. The summed E-state index contributed by atoms with van der Waals surface area (Å²) in [6.45, 7) is 4.18. The number of pyridine rings is 2. The van der Waals surface area contributed by atoms with Crippen LogP contribution in [0.5, 0.6) is 0 Å². The summed E-state index contributed by atoms with van der Waals surface area (Å²) < 4.78 is 0. The Kier molecular flexibility index (Phi) is 6.35. The van der Waals surface area contributed by atoms with Crippen molar-refractivity contribution in [3.05, 3.63) is 72.4 Å². The Morgan fingerprint density at radius 2 is 1.88 bits per heavy atom. The van der Waals surface area contributed by atoms with Gasteiger partial charge in [0, 0.05) is 29.8 Å². The molecule has 4 aromatic rings. The van der Waals surface area contributed by atoms with Gasteiger partial charge in [0.25, 0.3) is 5.91 Å². The maximum Gasteiger partial charge on any atom is 0.276 e. The van der Waals surface area contributed by atoms with Crippen LogP contribution in [-0.4, -0.2) is 31.9 Å². The highest BCUT2D eigenvalue weighted by Gasteiger charge is 2.17. The topological polar surface area (TPSA) is 101 Å². The van der Waals surface area contributed by atoms with E-state index >= 15 is 0 Å². The van der Waals surface area contributed by atoms with Crippen LogP contribution in [0.1, 0.15) is 54.1 Å². The lowest BCUT2D eigenvalue weighted by Gasteiger charge is -2.10. The fraction of sp³-hybridized carbons (Fsp3) is 0.240. The number of amides is 1. The lowest BCUT2D eigenvalue weighted by Crippen LogP contribution is -2.14. The molecule has 0 saturated carbocycles. The molecule has 0 bridgehead atoms. The third kappa shape index (κ3) is 4.56. The van der Waals surface area contributed by atoms with Crippen LogP contribution in [0.15, 0.2) is 61.1 Å². The van der Waals surface area contributed by atoms with Gasteiger partial charge in [-0.2, -0.15) is 5.10 Å². The summed E-state index contributed by atoms with van der Waals surface area (Å²) in [5.41, 5.74) is 3.89. The van der Waals surface area contributed by atoms with Gasteiger partial charge in [0.05, 0.1) is 17.4 Å². The average molecular weight is 428 g/mol. The Morgan fingerprint density at radius 3 is 2.56 bits per heavy atom. The van der Waals surface area contributed by atoms with E-state index in [0.717, 1.165) is 29.5 Å². The van der Waals surface area contributed by atoms with Crippen LogP contribution in [0.2, 0.25) is 0 Å². The molecule has 0 aliphatic rings. The molecule has 0 radical (unpaired) electrons. The van der Waals surface area contributed by atoms with Crippen LogP contribution in [0.3, 0.4) is 0 Å². The Labute approximate surface area is 186 Å². The average Bonchev–Trinajstić information content (AvgIpc) is 3.27. The molecule has 7 nitrogen and oxygen atoms in total. The molecule has 7 heteroatoms. The zero-order valence-corrected chi connectivity index (χ0v) is 18.1. The Hall–Kier alpha value is -3.87. The molecule has 2 N–H and O–H groups in total. The summed E-state index contributed by atoms with van der Waals surface area (Å²) in [5, 5.41) is 10.6. The van der Waals surface area contributed by atoms with Crippen molar-refractivity contribution in [1.29, 1.82) is 0 Å². The number of nitrogens with zero attached hydrogens (tertiary/aromatic N) is 3. The zero-order valence-electron chi connectivity index (χ0n) is 18.1. The number of ketones is 1. The van der Waals surface area contributed by atoms with Gasteiger partial charge in [-0.05, 0) is 41.8 Å². The van der Waals surface area contributed by atoms with Gasteiger partial charge in [-0.25, -0.2) is 0 Å². The molecule has 0 fully saturated rings. The summed E-state index contributed by atoms with van der Waals surface area (Å²) in [4.78, 5) is 33.7. The van der Waals surface area contributed by atoms with Crippen LogP contribution in [0, 0.1) is 5.92 Å². The minimum Gasteiger partial charge on any atom is -0.319 e. The minimum atomic E-state index is -0.350. The number of carbonyl (C=O) groups is 2. The van der Waals surface area contributed by atoms with Crippen molar-refractivity contribution >= 4 is 28.3 Å². The van der Waals surface area contributed by atoms with Crippen molar-refractivity contribution in [2.45, 2.75) is 33.1 Å². The van der Waals surface area contributed by atoms with Crippen molar-refractivity contribution < 1.29 is 9.59 Å². The molecule has 0 unspecified atom stereocenters. The van der Waals surface area contributed by atoms with Crippen molar-refractivity contribution in [3.8, 4) is 11.1 Å². The number of Topliss-reactive ketones (excluding diaryl/α,β-unsaturated/α-hetero) is 1. The van der Waals surface area contributed by atoms with Crippen LogP contribution in [0.4, 0.5) is 5.69 Å². The normalized spacial score (nSPS) is 11.1. The van der Waals surface area contributed by atoms with E-state index in [0.29, 0.717) is 34.8 Å². The number of carbonyl (C=O) groups excluding carboxylic acids is 2. The highest BCUT2D eigenvalue weighted by molar-refractivity contribution is 6.11. The SMILES string of the molecule is CCC(CC)CC(=O)c1ccc(NC(=O)c2n[nH]c3ccc(-c4cccnc4)cc23)cn1. The van der Waals surface area contributed by atoms with E-state index in [1.807, 2.05) is 30.3 Å². The van der Waals surface area contributed by atoms with Crippen molar-refractivity contribution in [1.82, 2.24) is 20.2 Å². The largest absolute Gasteiger partial charge is 0.319 e. The van der Waals surface area contributed by atoms with Gasteiger partial charge in [-0.15, -0.1) is 0 Å². The van der Waals surface area contributed by atoms with Crippen LogP contribution < -0.4 is 5.32 Å². The maximum absolute atomic E-state index is 12.9. The molecule has 32 heavy (non-hydrogen) atoms. The summed E-state index contributed by atoms with van der Waals surface area (Å²) in [5.74, 6) is 0.0449. The molecule has 0 atom stereocenters. The van der Waals surface area contributed by atoms with Gasteiger partial charge < -0.3 is 5.32 Å². The summed E-state index contributed by atoms with van der Waals surface area (Å²) in [6.07, 6.45) is 7.43. The van der Waals surface area contributed by atoms with E-state index in [9.17, 15) is 9.59 Å². The van der Waals surface area contributed by atoms with Crippen molar-refractivity contribution in [2.24, 2.45) is 5.92 Å². The van der Waals surface area contributed by atoms with E-state index < -0.39 is 0 Å². The van der Waals surface area contributed by atoms with Gasteiger partial charge in [0.15, 0.2) is 11.5 Å². The number of benzene rings is 1. The maximum atomic E-state index is 12.9. The zero-order chi connectivity index (χ0) is 22.5. The fourth-order valence-electron chi connectivity index (χ4n) is 3.67. The first-order valence-electron chi connectivity index (χ1n) is 10.8. The van der Waals surface area contributed by atoms with E-state index in [-0.39, 0.29) is 11.7 Å². The van der Waals surface area contributed by atoms with Gasteiger partial charge in [0.2, 0.25) is 0 Å². The first-order valence-corrected chi connectivity index (χ1v) is 10.8. The van der Waals surface area contributed by atoms with Gasteiger partial charge >= 0.3 is 0 Å². The molecule has 0 spiro atoms. The number of hydrogen-bond acceptors (Lipinski definition) is 5. The van der Waals surface area contributed by atoms with Crippen LogP contribution in [0.25, 0.3) is 22.0 Å². The quantitative estimate of drug-likeness (QED) is 0.373. The molecule has 1 amide bonds. The second-order valence-electron chi connectivity index (χ2n) is 7.77. The Bertz CT molecular complexity index is 1230. The first-order chi connectivity index (χ1) is 15.6. The molecule has 3 aromatic heterocycles.